The van der Waals surface area contributed by atoms with Crippen LogP contribution in [0.2, 0.25) is 0 Å². The summed E-state index contributed by atoms with van der Waals surface area (Å²) in [5.41, 5.74) is 0. The van der Waals surface area contributed by atoms with Crippen molar-refractivity contribution in [2.45, 2.75) is 38.7 Å². The second-order valence-electron chi connectivity index (χ2n) is 4.53. The molecule has 0 saturated carbocycles. The van der Waals surface area contributed by atoms with E-state index in [1.165, 1.54) is 19.3 Å². The van der Waals surface area contributed by atoms with Crippen molar-refractivity contribution < 1.29 is 19.7 Å². The van der Waals surface area contributed by atoms with Gasteiger partial charge >= 0.3 is 0 Å². The van der Waals surface area contributed by atoms with Gasteiger partial charge in [-0.1, -0.05) is 32.3 Å². The van der Waals surface area contributed by atoms with Gasteiger partial charge in [0.25, 0.3) is 0 Å². The zero-order valence-electron chi connectivity index (χ0n) is 11.5. The fourth-order valence-corrected chi connectivity index (χ4v) is 1.62. The topological polar surface area (TPSA) is 58.9 Å². The van der Waals surface area contributed by atoms with E-state index in [1.807, 2.05) is 12.1 Å². The number of rotatable bonds is 10. The molecule has 1 aromatic rings. The highest BCUT2D eigenvalue weighted by Gasteiger charge is 2.03. The van der Waals surface area contributed by atoms with Gasteiger partial charge in [0.2, 0.25) is 0 Å². The lowest BCUT2D eigenvalue weighted by atomic mass is 10.2. The van der Waals surface area contributed by atoms with E-state index in [9.17, 15) is 5.11 Å². The van der Waals surface area contributed by atoms with Gasteiger partial charge in [0.15, 0.2) is 0 Å². The van der Waals surface area contributed by atoms with Crippen LogP contribution in [0.25, 0.3) is 0 Å². The molecule has 0 fully saturated rings. The van der Waals surface area contributed by atoms with E-state index in [4.69, 9.17) is 14.6 Å². The number of benzene rings is 1. The summed E-state index contributed by atoms with van der Waals surface area (Å²) in [6, 6.07) is 7.33. The molecule has 0 radical (unpaired) electrons. The zero-order chi connectivity index (χ0) is 13.9. The Hall–Kier alpha value is -1.26. The summed E-state index contributed by atoms with van der Waals surface area (Å²) in [4.78, 5) is 0. The number of unbranched alkanes of at least 4 members (excludes halogenated alkanes) is 3. The minimum absolute atomic E-state index is 0.0798. The number of hydrogen-bond donors (Lipinski definition) is 2. The zero-order valence-corrected chi connectivity index (χ0v) is 11.5. The second-order valence-corrected chi connectivity index (χ2v) is 4.53. The quantitative estimate of drug-likeness (QED) is 0.640. The minimum Gasteiger partial charge on any atom is -0.493 e. The van der Waals surface area contributed by atoms with Crippen LogP contribution in [-0.4, -0.2) is 36.1 Å². The Bertz CT molecular complexity index is 341. The van der Waals surface area contributed by atoms with E-state index in [1.54, 1.807) is 12.1 Å². The van der Waals surface area contributed by atoms with Gasteiger partial charge in [0, 0.05) is 6.07 Å². The highest BCUT2D eigenvalue weighted by atomic mass is 16.5. The molecule has 0 aromatic heterocycles. The summed E-state index contributed by atoms with van der Waals surface area (Å²) in [5.74, 6) is 1.41. The first-order valence-corrected chi connectivity index (χ1v) is 6.90. The van der Waals surface area contributed by atoms with Gasteiger partial charge in [-0.05, 0) is 18.6 Å². The predicted molar refractivity (Wildman–Crippen MR) is 74.7 cm³/mol. The van der Waals surface area contributed by atoms with E-state index in [0.29, 0.717) is 12.4 Å². The molecular formula is C15H24O4. The standard InChI is InChI=1S/C15H24O4/c1-2-3-4-5-9-18-14-7-6-8-15(10-14)19-12-13(17)11-16/h6-8,10,13,16-17H,2-5,9,11-12H2,1H3. The molecule has 0 aliphatic heterocycles. The van der Waals surface area contributed by atoms with Crippen molar-refractivity contribution in [3.05, 3.63) is 24.3 Å². The Balaban J connectivity index is 2.31. The summed E-state index contributed by atoms with van der Waals surface area (Å²) < 4.78 is 11.0. The number of hydrogen-bond acceptors (Lipinski definition) is 4. The SMILES string of the molecule is CCCCCCOc1cccc(OCC(O)CO)c1. The van der Waals surface area contributed by atoms with E-state index < -0.39 is 6.10 Å². The van der Waals surface area contributed by atoms with Gasteiger partial charge in [-0.15, -0.1) is 0 Å². The van der Waals surface area contributed by atoms with E-state index in [0.717, 1.165) is 12.2 Å². The Morgan fingerprint density at radius 1 is 1.11 bits per heavy atom. The summed E-state index contributed by atoms with van der Waals surface area (Å²) in [7, 11) is 0. The van der Waals surface area contributed by atoms with Crippen molar-refractivity contribution in [3.8, 4) is 11.5 Å². The van der Waals surface area contributed by atoms with Crippen molar-refractivity contribution in [2.75, 3.05) is 19.8 Å². The monoisotopic (exact) mass is 268 g/mol. The Morgan fingerprint density at radius 2 is 1.84 bits per heavy atom. The van der Waals surface area contributed by atoms with Gasteiger partial charge in [-0.2, -0.15) is 0 Å². The normalized spacial score (nSPS) is 12.2. The van der Waals surface area contributed by atoms with E-state index in [2.05, 4.69) is 6.92 Å². The van der Waals surface area contributed by atoms with Gasteiger partial charge in [0.05, 0.1) is 13.2 Å². The lowest BCUT2D eigenvalue weighted by molar-refractivity contribution is 0.0535. The molecule has 0 saturated heterocycles. The van der Waals surface area contributed by atoms with Crippen LogP contribution in [-0.2, 0) is 0 Å². The first-order chi connectivity index (χ1) is 9.26. The Kier molecular flexibility index (Phi) is 8.02. The van der Waals surface area contributed by atoms with Crippen LogP contribution in [0.5, 0.6) is 11.5 Å². The molecule has 2 N–H and O–H groups in total. The molecule has 1 unspecified atom stereocenters. The summed E-state index contributed by atoms with van der Waals surface area (Å²) >= 11 is 0. The largest absolute Gasteiger partial charge is 0.493 e. The smallest absolute Gasteiger partial charge is 0.123 e. The highest BCUT2D eigenvalue weighted by molar-refractivity contribution is 5.32. The van der Waals surface area contributed by atoms with Crippen LogP contribution in [0.3, 0.4) is 0 Å². The molecule has 4 heteroatoms. The third-order valence-electron chi connectivity index (χ3n) is 2.73. The van der Waals surface area contributed by atoms with Crippen molar-refractivity contribution in [1.82, 2.24) is 0 Å². The molecule has 19 heavy (non-hydrogen) atoms. The fourth-order valence-electron chi connectivity index (χ4n) is 1.62. The molecule has 0 aliphatic rings. The van der Waals surface area contributed by atoms with Crippen molar-refractivity contribution in [2.24, 2.45) is 0 Å². The predicted octanol–water partition coefficient (Wildman–Crippen LogP) is 2.38. The molecule has 0 bridgehead atoms. The van der Waals surface area contributed by atoms with Crippen molar-refractivity contribution in [3.63, 3.8) is 0 Å². The molecule has 0 aliphatic carbocycles. The molecule has 0 spiro atoms. The van der Waals surface area contributed by atoms with E-state index >= 15 is 0 Å². The molecular weight excluding hydrogens is 244 g/mol. The molecule has 108 valence electrons. The van der Waals surface area contributed by atoms with Crippen molar-refractivity contribution in [1.29, 1.82) is 0 Å². The van der Waals surface area contributed by atoms with Crippen LogP contribution in [0.4, 0.5) is 0 Å². The fraction of sp³-hybridized carbons (Fsp3) is 0.600. The second kappa shape index (κ2) is 9.64. The Labute approximate surface area is 115 Å². The summed E-state index contributed by atoms with van der Waals surface area (Å²) in [6.07, 6.45) is 3.86. The maximum absolute atomic E-state index is 9.21. The maximum Gasteiger partial charge on any atom is 0.123 e. The molecule has 1 aromatic carbocycles. The van der Waals surface area contributed by atoms with Crippen LogP contribution >= 0.6 is 0 Å². The maximum atomic E-state index is 9.21. The number of ether oxygens (including phenoxy) is 2. The first kappa shape index (κ1) is 15.8. The lowest BCUT2D eigenvalue weighted by Gasteiger charge is -2.11. The third-order valence-corrected chi connectivity index (χ3v) is 2.73. The third kappa shape index (κ3) is 7.03. The Morgan fingerprint density at radius 3 is 2.53 bits per heavy atom. The van der Waals surface area contributed by atoms with Gasteiger partial charge in [-0.3, -0.25) is 0 Å². The number of aliphatic hydroxyl groups is 2. The average Bonchev–Trinajstić information content (AvgIpc) is 2.45. The van der Waals surface area contributed by atoms with Crippen LogP contribution < -0.4 is 9.47 Å². The molecule has 1 rings (SSSR count). The molecule has 0 amide bonds. The molecule has 1 atom stereocenters. The summed E-state index contributed by atoms with van der Waals surface area (Å²) in [5, 5.41) is 17.9. The highest BCUT2D eigenvalue weighted by Crippen LogP contribution is 2.19. The average molecular weight is 268 g/mol. The summed E-state index contributed by atoms with van der Waals surface area (Å²) in [6.45, 7) is 2.68. The van der Waals surface area contributed by atoms with Crippen LogP contribution in [0.1, 0.15) is 32.6 Å². The van der Waals surface area contributed by atoms with Gasteiger partial charge in [-0.25, -0.2) is 0 Å². The molecule has 4 nitrogen and oxygen atoms in total. The van der Waals surface area contributed by atoms with Crippen molar-refractivity contribution >= 4 is 0 Å². The van der Waals surface area contributed by atoms with Gasteiger partial charge in [0.1, 0.15) is 24.2 Å². The van der Waals surface area contributed by atoms with E-state index in [-0.39, 0.29) is 13.2 Å². The lowest BCUT2D eigenvalue weighted by Crippen LogP contribution is -2.21. The van der Waals surface area contributed by atoms with Crippen LogP contribution in [0, 0.1) is 0 Å². The number of aliphatic hydroxyl groups excluding tert-OH is 2. The molecule has 0 heterocycles. The van der Waals surface area contributed by atoms with Gasteiger partial charge < -0.3 is 19.7 Å². The minimum atomic E-state index is -0.849. The first-order valence-electron chi connectivity index (χ1n) is 6.90. The van der Waals surface area contributed by atoms with Crippen LogP contribution in [0.15, 0.2) is 24.3 Å².